The summed E-state index contributed by atoms with van der Waals surface area (Å²) in [7, 11) is -2.77. The zero-order chi connectivity index (χ0) is 28.3. The quantitative estimate of drug-likeness (QED) is 0.345. The van der Waals surface area contributed by atoms with E-state index in [4.69, 9.17) is 4.74 Å². The molecule has 0 saturated heterocycles. The van der Waals surface area contributed by atoms with Crippen LogP contribution in [0.1, 0.15) is 55.0 Å². The Bertz CT molecular complexity index is 1390. The number of halogens is 3. The van der Waals surface area contributed by atoms with Gasteiger partial charge in [-0.3, -0.25) is 9.10 Å². The summed E-state index contributed by atoms with van der Waals surface area (Å²) in [5, 5.41) is 2.80. The third-order valence-corrected chi connectivity index (χ3v) is 7.95. The van der Waals surface area contributed by atoms with Crippen LogP contribution >= 0.6 is 0 Å². The van der Waals surface area contributed by atoms with E-state index in [0.717, 1.165) is 40.6 Å². The van der Waals surface area contributed by atoms with Crippen molar-refractivity contribution in [3.8, 4) is 5.75 Å². The van der Waals surface area contributed by atoms with Crippen LogP contribution in [0.15, 0.2) is 71.6 Å². The molecule has 0 unspecified atom stereocenters. The number of sulfonamides is 1. The minimum absolute atomic E-state index is 0.147. The number of methoxy groups -OCH3 is 1. The van der Waals surface area contributed by atoms with Crippen LogP contribution in [0.5, 0.6) is 5.75 Å². The van der Waals surface area contributed by atoms with Crippen LogP contribution < -0.4 is 14.4 Å². The number of hydrogen-bond acceptors (Lipinski definition) is 4. The van der Waals surface area contributed by atoms with Crippen molar-refractivity contribution in [1.82, 2.24) is 5.32 Å². The monoisotopic (exact) mass is 548 g/mol. The van der Waals surface area contributed by atoms with Crippen molar-refractivity contribution in [2.45, 2.75) is 50.7 Å². The average molecular weight is 549 g/mol. The van der Waals surface area contributed by atoms with Crippen molar-refractivity contribution < 1.29 is 31.1 Å². The van der Waals surface area contributed by atoms with Crippen molar-refractivity contribution in [2.75, 3.05) is 18.0 Å². The molecule has 0 aliphatic carbocycles. The van der Waals surface area contributed by atoms with Crippen molar-refractivity contribution in [1.29, 1.82) is 0 Å². The lowest BCUT2D eigenvalue weighted by Gasteiger charge is -2.26. The molecule has 0 aliphatic heterocycles. The summed E-state index contributed by atoms with van der Waals surface area (Å²) >= 11 is 0. The van der Waals surface area contributed by atoms with Crippen molar-refractivity contribution in [3.05, 3.63) is 89.0 Å². The number of amides is 1. The Balaban J connectivity index is 1.96. The van der Waals surface area contributed by atoms with Gasteiger partial charge in [-0.25, -0.2) is 8.42 Å². The van der Waals surface area contributed by atoms with E-state index in [1.807, 2.05) is 32.9 Å². The molecule has 1 amide bonds. The van der Waals surface area contributed by atoms with Gasteiger partial charge in [0, 0.05) is 0 Å². The van der Waals surface area contributed by atoms with Gasteiger partial charge in [-0.1, -0.05) is 38.1 Å². The standard InChI is InChI=1S/C28H31F3N2O4S/c1-18(2)24-16-25(19(3)14-26(24)37-5)20(4)32-27(34)17-33(38(35,36)23-12-7-6-8-13-23)22-11-9-10-21(15-22)28(29,30)31/h6-16,18,20H,17H2,1-5H3,(H,32,34)/t20-/m0/s1. The van der Waals surface area contributed by atoms with Crippen LogP contribution in [0.2, 0.25) is 0 Å². The van der Waals surface area contributed by atoms with Crippen LogP contribution in [0.3, 0.4) is 0 Å². The first kappa shape index (κ1) is 29.0. The highest BCUT2D eigenvalue weighted by Crippen LogP contribution is 2.34. The van der Waals surface area contributed by atoms with E-state index in [1.165, 1.54) is 30.3 Å². The van der Waals surface area contributed by atoms with Gasteiger partial charge in [-0.2, -0.15) is 13.2 Å². The Labute approximate surface area is 221 Å². The molecule has 0 saturated carbocycles. The normalized spacial score (nSPS) is 12.8. The van der Waals surface area contributed by atoms with E-state index >= 15 is 0 Å². The molecule has 0 fully saturated rings. The predicted octanol–water partition coefficient (Wildman–Crippen LogP) is 6.22. The molecule has 1 atom stereocenters. The fourth-order valence-corrected chi connectivity index (χ4v) is 5.61. The lowest BCUT2D eigenvalue weighted by atomic mass is 9.93. The Morgan fingerprint density at radius 2 is 1.63 bits per heavy atom. The largest absolute Gasteiger partial charge is 0.496 e. The highest BCUT2D eigenvalue weighted by molar-refractivity contribution is 7.92. The Morgan fingerprint density at radius 1 is 0.974 bits per heavy atom. The van der Waals surface area contributed by atoms with Crippen LogP contribution in [-0.2, 0) is 21.0 Å². The van der Waals surface area contributed by atoms with Gasteiger partial charge in [0.05, 0.1) is 29.3 Å². The molecule has 3 aromatic carbocycles. The lowest BCUT2D eigenvalue weighted by Crippen LogP contribution is -2.41. The van der Waals surface area contributed by atoms with Gasteiger partial charge in [0.2, 0.25) is 5.91 Å². The number of carbonyl (C=O) groups is 1. The first-order valence-corrected chi connectivity index (χ1v) is 13.4. The molecule has 0 heterocycles. The molecule has 204 valence electrons. The summed E-state index contributed by atoms with van der Waals surface area (Å²) in [6.07, 6.45) is -4.69. The van der Waals surface area contributed by atoms with Gasteiger partial charge >= 0.3 is 6.18 Å². The number of hydrogen-bond donors (Lipinski definition) is 1. The first-order chi connectivity index (χ1) is 17.8. The second-order valence-corrected chi connectivity index (χ2v) is 11.1. The van der Waals surface area contributed by atoms with E-state index < -0.39 is 40.3 Å². The molecule has 0 bridgehead atoms. The van der Waals surface area contributed by atoms with E-state index in [9.17, 15) is 26.4 Å². The molecule has 0 spiro atoms. The van der Waals surface area contributed by atoms with Gasteiger partial charge in [0.1, 0.15) is 12.3 Å². The molecule has 3 aromatic rings. The van der Waals surface area contributed by atoms with Crippen molar-refractivity contribution in [3.63, 3.8) is 0 Å². The van der Waals surface area contributed by atoms with Crippen LogP contribution in [0, 0.1) is 6.92 Å². The van der Waals surface area contributed by atoms with Gasteiger partial charge in [0.25, 0.3) is 10.0 Å². The number of anilines is 1. The van der Waals surface area contributed by atoms with Crippen LogP contribution in [-0.4, -0.2) is 28.0 Å². The van der Waals surface area contributed by atoms with Gasteiger partial charge in [-0.05, 0) is 78.9 Å². The maximum Gasteiger partial charge on any atom is 0.416 e. The maximum absolute atomic E-state index is 13.5. The SMILES string of the molecule is COc1cc(C)c([C@H](C)NC(=O)CN(c2cccc(C(F)(F)F)c2)S(=O)(=O)c2ccccc2)cc1C(C)C. The molecule has 10 heteroatoms. The third kappa shape index (κ3) is 6.48. The highest BCUT2D eigenvalue weighted by atomic mass is 32.2. The van der Waals surface area contributed by atoms with Crippen LogP contribution in [0.25, 0.3) is 0 Å². The summed E-state index contributed by atoms with van der Waals surface area (Å²) < 4.78 is 73.3. The zero-order valence-electron chi connectivity index (χ0n) is 21.8. The molecule has 0 aliphatic rings. The third-order valence-electron chi connectivity index (χ3n) is 6.16. The molecule has 0 radical (unpaired) electrons. The Morgan fingerprint density at radius 3 is 2.21 bits per heavy atom. The van der Waals surface area contributed by atoms with Crippen molar-refractivity contribution >= 4 is 21.6 Å². The maximum atomic E-state index is 13.5. The topological polar surface area (TPSA) is 75.7 Å². The van der Waals surface area contributed by atoms with Crippen LogP contribution in [0.4, 0.5) is 18.9 Å². The molecule has 38 heavy (non-hydrogen) atoms. The van der Waals surface area contributed by atoms with Gasteiger partial charge < -0.3 is 10.1 Å². The number of ether oxygens (including phenoxy) is 1. The van der Waals surface area contributed by atoms with Crippen molar-refractivity contribution in [2.24, 2.45) is 0 Å². The van der Waals surface area contributed by atoms with Gasteiger partial charge in [-0.15, -0.1) is 0 Å². The number of benzene rings is 3. The Kier molecular flexibility index (Phi) is 8.76. The summed E-state index contributed by atoms with van der Waals surface area (Å²) in [4.78, 5) is 13.0. The number of rotatable bonds is 9. The fraction of sp³-hybridized carbons (Fsp3) is 0.321. The average Bonchev–Trinajstić information content (AvgIpc) is 2.86. The van der Waals surface area contributed by atoms with E-state index in [2.05, 4.69) is 5.32 Å². The number of aryl methyl sites for hydroxylation is 1. The summed E-state index contributed by atoms with van der Waals surface area (Å²) in [6, 6.07) is 14.5. The van der Waals surface area contributed by atoms with E-state index in [1.54, 1.807) is 20.1 Å². The van der Waals surface area contributed by atoms with Gasteiger partial charge in [0.15, 0.2) is 0 Å². The molecule has 6 nitrogen and oxygen atoms in total. The molecule has 3 rings (SSSR count). The first-order valence-electron chi connectivity index (χ1n) is 12.0. The molecule has 1 N–H and O–H groups in total. The minimum Gasteiger partial charge on any atom is -0.496 e. The molecule has 0 aromatic heterocycles. The summed E-state index contributed by atoms with van der Waals surface area (Å²) in [5.74, 6) is 0.208. The summed E-state index contributed by atoms with van der Waals surface area (Å²) in [5.41, 5.74) is 1.35. The fourth-order valence-electron chi connectivity index (χ4n) is 4.18. The number of alkyl halides is 3. The number of nitrogens with zero attached hydrogens (tertiary/aromatic N) is 1. The second kappa shape index (κ2) is 11.5. The second-order valence-electron chi connectivity index (χ2n) is 9.27. The predicted molar refractivity (Wildman–Crippen MR) is 141 cm³/mol. The number of nitrogens with one attached hydrogen (secondary N) is 1. The minimum atomic E-state index is -4.69. The number of carbonyl (C=O) groups excluding carboxylic acids is 1. The highest BCUT2D eigenvalue weighted by Gasteiger charge is 2.33. The smallest absolute Gasteiger partial charge is 0.416 e. The Hall–Kier alpha value is -3.53. The van der Waals surface area contributed by atoms with E-state index in [-0.39, 0.29) is 16.5 Å². The lowest BCUT2D eigenvalue weighted by molar-refractivity contribution is -0.137. The van der Waals surface area contributed by atoms with E-state index in [0.29, 0.717) is 4.31 Å². The zero-order valence-corrected chi connectivity index (χ0v) is 22.7. The molecular weight excluding hydrogens is 517 g/mol. The summed E-state index contributed by atoms with van der Waals surface area (Å²) in [6.45, 7) is 6.95. The molecular formula is C28H31F3N2O4S.